The van der Waals surface area contributed by atoms with E-state index >= 15 is 0 Å². The molecule has 1 amide bonds. The molecule has 26 heavy (non-hydrogen) atoms. The molecule has 0 unspecified atom stereocenters. The van der Waals surface area contributed by atoms with Crippen molar-refractivity contribution in [3.63, 3.8) is 0 Å². The number of nitrogens with zero attached hydrogens (tertiary/aromatic N) is 4. The third-order valence-corrected chi connectivity index (χ3v) is 4.64. The molecule has 3 aromatic rings. The summed E-state index contributed by atoms with van der Waals surface area (Å²) in [6.07, 6.45) is 5.53. The normalized spacial score (nSPS) is 10.7. The second kappa shape index (κ2) is 8.09. The van der Waals surface area contributed by atoms with Crippen LogP contribution in [-0.2, 0) is 20.2 Å². The van der Waals surface area contributed by atoms with E-state index in [9.17, 15) is 4.79 Å². The van der Waals surface area contributed by atoms with Crippen LogP contribution in [0.1, 0.15) is 22.1 Å². The fraction of sp³-hybridized carbons (Fsp3) is 0.278. The molecule has 0 radical (unpaired) electrons. The van der Waals surface area contributed by atoms with Crippen LogP contribution in [0, 0.1) is 0 Å². The van der Waals surface area contributed by atoms with Crippen LogP contribution in [0.4, 0.5) is 0 Å². The average molecular weight is 372 g/mol. The smallest absolute Gasteiger partial charge is 0.276 e. The summed E-state index contributed by atoms with van der Waals surface area (Å²) in [5.41, 5.74) is 0.249. The summed E-state index contributed by atoms with van der Waals surface area (Å²) in [5.74, 6) is 1.83. The minimum atomic E-state index is -0.229. The number of carbonyl (C=O) groups excluding carboxylic acids is 1. The fourth-order valence-corrected chi connectivity index (χ4v) is 2.94. The SMILES string of the molecule is CSc1ccccc1OCc1cc(C(=O)N(C)Cc2nccn2C)no1. The number of imidazole rings is 1. The van der Waals surface area contributed by atoms with E-state index in [-0.39, 0.29) is 18.2 Å². The van der Waals surface area contributed by atoms with Gasteiger partial charge in [-0.05, 0) is 18.4 Å². The first-order valence-corrected chi connectivity index (χ1v) is 9.24. The topological polar surface area (TPSA) is 73.4 Å². The second-order valence-corrected chi connectivity index (χ2v) is 6.58. The lowest BCUT2D eigenvalue weighted by Gasteiger charge is -2.14. The number of carbonyl (C=O) groups is 1. The maximum absolute atomic E-state index is 12.5. The predicted octanol–water partition coefficient (Wildman–Crippen LogP) is 2.98. The zero-order chi connectivity index (χ0) is 18.5. The molecule has 0 atom stereocenters. The zero-order valence-electron chi connectivity index (χ0n) is 14.9. The van der Waals surface area contributed by atoms with Gasteiger partial charge in [0.2, 0.25) is 0 Å². The number of hydrogen-bond acceptors (Lipinski definition) is 6. The second-order valence-electron chi connectivity index (χ2n) is 5.73. The summed E-state index contributed by atoms with van der Waals surface area (Å²) in [7, 11) is 3.59. The Kier molecular flexibility index (Phi) is 5.62. The van der Waals surface area contributed by atoms with Gasteiger partial charge >= 0.3 is 0 Å². The third kappa shape index (κ3) is 4.08. The minimum Gasteiger partial charge on any atom is -0.484 e. The predicted molar refractivity (Wildman–Crippen MR) is 98.1 cm³/mol. The Morgan fingerprint density at radius 2 is 2.19 bits per heavy atom. The van der Waals surface area contributed by atoms with Crippen molar-refractivity contribution in [2.75, 3.05) is 13.3 Å². The first-order valence-electron chi connectivity index (χ1n) is 8.01. The van der Waals surface area contributed by atoms with Crippen molar-refractivity contribution in [3.8, 4) is 5.75 Å². The van der Waals surface area contributed by atoms with Gasteiger partial charge in [0.1, 0.15) is 18.2 Å². The summed E-state index contributed by atoms with van der Waals surface area (Å²) in [5, 5.41) is 3.87. The highest BCUT2D eigenvalue weighted by atomic mass is 32.2. The third-order valence-electron chi connectivity index (χ3n) is 3.86. The number of aryl methyl sites for hydroxylation is 1. The molecule has 0 spiro atoms. The Morgan fingerprint density at radius 3 is 2.92 bits per heavy atom. The fourth-order valence-electron chi connectivity index (χ4n) is 2.40. The minimum absolute atomic E-state index is 0.209. The molecule has 2 aromatic heterocycles. The van der Waals surface area contributed by atoms with Crippen LogP contribution in [0.2, 0.25) is 0 Å². The number of ether oxygens (including phenoxy) is 1. The molecule has 0 N–H and O–H groups in total. The molecule has 7 nitrogen and oxygen atoms in total. The van der Waals surface area contributed by atoms with Crippen LogP contribution in [-0.4, -0.2) is 38.8 Å². The number of amides is 1. The highest BCUT2D eigenvalue weighted by Crippen LogP contribution is 2.27. The van der Waals surface area contributed by atoms with E-state index in [1.54, 1.807) is 36.0 Å². The molecule has 0 fully saturated rings. The van der Waals surface area contributed by atoms with Gasteiger partial charge < -0.3 is 18.7 Å². The Labute approximate surface area is 155 Å². The Bertz CT molecular complexity index is 890. The van der Waals surface area contributed by atoms with Crippen molar-refractivity contribution in [2.24, 2.45) is 7.05 Å². The number of thioether (sulfide) groups is 1. The molecule has 0 bridgehead atoms. The van der Waals surface area contributed by atoms with Gasteiger partial charge in [0, 0.05) is 37.5 Å². The maximum atomic E-state index is 12.5. The van der Waals surface area contributed by atoms with Gasteiger partial charge in [-0.25, -0.2) is 4.98 Å². The Hall–Kier alpha value is -2.74. The standard InChI is InChI=1S/C18H20N4O3S/c1-21-9-8-19-17(21)11-22(2)18(23)14-10-13(25-20-14)12-24-15-6-4-5-7-16(15)26-3/h4-10H,11-12H2,1-3H3. The molecule has 136 valence electrons. The van der Waals surface area contributed by atoms with E-state index in [0.717, 1.165) is 16.5 Å². The molecule has 0 aliphatic heterocycles. The van der Waals surface area contributed by atoms with E-state index in [1.807, 2.05) is 48.3 Å². The van der Waals surface area contributed by atoms with Crippen molar-refractivity contribution >= 4 is 17.7 Å². The number of aromatic nitrogens is 3. The van der Waals surface area contributed by atoms with Crippen LogP contribution in [0.5, 0.6) is 5.75 Å². The first kappa shape index (κ1) is 18.1. The highest BCUT2D eigenvalue weighted by Gasteiger charge is 2.18. The van der Waals surface area contributed by atoms with Gasteiger partial charge in [-0.2, -0.15) is 0 Å². The summed E-state index contributed by atoms with van der Waals surface area (Å²) in [4.78, 5) is 19.3. The van der Waals surface area contributed by atoms with Crippen molar-refractivity contribution in [2.45, 2.75) is 18.0 Å². The summed E-state index contributed by atoms with van der Waals surface area (Å²) < 4.78 is 12.9. The molecular weight excluding hydrogens is 352 g/mol. The van der Waals surface area contributed by atoms with Crippen LogP contribution in [0.3, 0.4) is 0 Å². The lowest BCUT2D eigenvalue weighted by Crippen LogP contribution is -2.27. The molecular formula is C18H20N4O3S. The van der Waals surface area contributed by atoms with Crippen LogP contribution >= 0.6 is 11.8 Å². The molecule has 1 aromatic carbocycles. The summed E-state index contributed by atoms with van der Waals surface area (Å²) in [6.45, 7) is 0.600. The van der Waals surface area contributed by atoms with Gasteiger partial charge in [0.25, 0.3) is 5.91 Å². The van der Waals surface area contributed by atoms with E-state index in [2.05, 4.69) is 10.1 Å². The van der Waals surface area contributed by atoms with Gasteiger partial charge in [-0.1, -0.05) is 17.3 Å². The number of rotatable bonds is 7. The summed E-state index contributed by atoms with van der Waals surface area (Å²) in [6, 6.07) is 9.37. The average Bonchev–Trinajstić information content (AvgIpc) is 3.29. The summed E-state index contributed by atoms with van der Waals surface area (Å²) >= 11 is 1.61. The maximum Gasteiger partial charge on any atom is 0.276 e. The van der Waals surface area contributed by atoms with Crippen LogP contribution in [0.25, 0.3) is 0 Å². The van der Waals surface area contributed by atoms with E-state index in [1.165, 1.54) is 0 Å². The Morgan fingerprint density at radius 1 is 1.38 bits per heavy atom. The van der Waals surface area contributed by atoms with E-state index in [0.29, 0.717) is 12.3 Å². The Balaban J connectivity index is 1.62. The quantitative estimate of drug-likeness (QED) is 0.594. The molecule has 0 aliphatic carbocycles. The monoisotopic (exact) mass is 372 g/mol. The van der Waals surface area contributed by atoms with Crippen molar-refractivity contribution in [3.05, 3.63) is 60.0 Å². The molecule has 3 rings (SSSR count). The molecule has 8 heteroatoms. The van der Waals surface area contributed by atoms with E-state index in [4.69, 9.17) is 9.26 Å². The van der Waals surface area contributed by atoms with Crippen molar-refractivity contribution in [1.82, 2.24) is 19.6 Å². The van der Waals surface area contributed by atoms with E-state index < -0.39 is 0 Å². The number of para-hydroxylation sites is 1. The van der Waals surface area contributed by atoms with Crippen LogP contribution < -0.4 is 4.74 Å². The number of benzene rings is 1. The lowest BCUT2D eigenvalue weighted by molar-refractivity contribution is 0.0770. The zero-order valence-corrected chi connectivity index (χ0v) is 15.7. The highest BCUT2D eigenvalue weighted by molar-refractivity contribution is 7.98. The lowest BCUT2D eigenvalue weighted by atomic mass is 10.3. The largest absolute Gasteiger partial charge is 0.484 e. The number of hydrogen-bond donors (Lipinski definition) is 0. The van der Waals surface area contributed by atoms with Gasteiger partial charge in [-0.15, -0.1) is 11.8 Å². The molecule has 0 aliphatic rings. The van der Waals surface area contributed by atoms with Crippen molar-refractivity contribution in [1.29, 1.82) is 0 Å². The molecule has 2 heterocycles. The first-order chi connectivity index (χ1) is 12.6. The van der Waals surface area contributed by atoms with Crippen LogP contribution in [0.15, 0.2) is 52.1 Å². The molecule has 0 saturated carbocycles. The van der Waals surface area contributed by atoms with Gasteiger partial charge in [-0.3, -0.25) is 4.79 Å². The van der Waals surface area contributed by atoms with Crippen molar-refractivity contribution < 1.29 is 14.1 Å². The molecule has 0 saturated heterocycles. The van der Waals surface area contributed by atoms with Gasteiger partial charge in [0.15, 0.2) is 11.5 Å². The van der Waals surface area contributed by atoms with Gasteiger partial charge in [0.05, 0.1) is 6.54 Å².